The van der Waals surface area contributed by atoms with Crippen LogP contribution in [-0.2, 0) is 16.4 Å². The highest BCUT2D eigenvalue weighted by molar-refractivity contribution is 5.78. The van der Waals surface area contributed by atoms with Gasteiger partial charge in [0.15, 0.2) is 0 Å². The summed E-state index contributed by atoms with van der Waals surface area (Å²) >= 11 is 0. The lowest BCUT2D eigenvalue weighted by Gasteiger charge is -2.37. The fourth-order valence-corrected chi connectivity index (χ4v) is 4.59. The number of hydrogen-bond acceptors (Lipinski definition) is 6. The molecule has 1 N–H and O–H groups in total. The molecule has 0 bridgehead atoms. The predicted octanol–water partition coefficient (Wildman–Crippen LogP) is 3.89. The zero-order valence-electron chi connectivity index (χ0n) is 20.3. The van der Waals surface area contributed by atoms with Crippen LogP contribution in [0.1, 0.15) is 70.8 Å². The molecule has 1 saturated heterocycles. The van der Waals surface area contributed by atoms with Crippen molar-refractivity contribution < 1.29 is 18.0 Å². The van der Waals surface area contributed by atoms with E-state index in [0.717, 1.165) is 57.8 Å². The van der Waals surface area contributed by atoms with Gasteiger partial charge in [0.25, 0.3) is 0 Å². The number of halogens is 3. The van der Waals surface area contributed by atoms with Crippen molar-refractivity contribution in [3.05, 3.63) is 17.6 Å². The number of piperazine rings is 1. The monoisotopic (exact) mass is 480 g/mol. The van der Waals surface area contributed by atoms with Gasteiger partial charge in [-0.1, -0.05) is 20.8 Å². The van der Waals surface area contributed by atoms with Gasteiger partial charge in [0.05, 0.1) is 6.07 Å². The van der Waals surface area contributed by atoms with Gasteiger partial charge >= 0.3 is 6.18 Å². The summed E-state index contributed by atoms with van der Waals surface area (Å²) in [5.41, 5.74) is -1.46. The van der Waals surface area contributed by atoms with Gasteiger partial charge in [-0.15, -0.1) is 0 Å². The molecule has 1 amide bonds. The highest BCUT2D eigenvalue weighted by Gasteiger charge is 2.36. The number of alkyl halides is 3. The van der Waals surface area contributed by atoms with E-state index in [1.54, 1.807) is 0 Å². The molecule has 1 saturated carbocycles. The zero-order valence-corrected chi connectivity index (χ0v) is 20.3. The molecule has 3 rings (SSSR count). The minimum absolute atomic E-state index is 0.0873. The van der Waals surface area contributed by atoms with Crippen molar-refractivity contribution in [3.63, 3.8) is 0 Å². The van der Waals surface area contributed by atoms with E-state index in [9.17, 15) is 18.0 Å². The number of carbonyl (C=O) groups is 1. The maximum atomic E-state index is 13.4. The Hall–Kier alpha value is -2.41. The standard InChI is InChI=1S/C24H35F3N6O/c1-23(2,3)22-30-19(24(25,26)27)16-20(31-22)33-14-12-32(13-15-33)11-9-17-4-6-18(7-5-17)29-21(34)8-10-28/h16-18H,4-9,11-15H2,1-3H3,(H,29,34)/t17-,18-. The molecule has 2 aliphatic rings. The lowest BCUT2D eigenvalue weighted by molar-refractivity contribution is -0.141. The normalized spacial score (nSPS) is 22.3. The second kappa shape index (κ2) is 10.9. The number of carbonyl (C=O) groups excluding carboxylic acids is 1. The Balaban J connectivity index is 1.48. The third-order valence-electron chi connectivity index (χ3n) is 6.68. The smallest absolute Gasteiger partial charge is 0.354 e. The first-order chi connectivity index (χ1) is 16.0. The molecule has 34 heavy (non-hydrogen) atoms. The minimum Gasteiger partial charge on any atom is -0.354 e. The van der Waals surface area contributed by atoms with Gasteiger partial charge in [-0.2, -0.15) is 18.4 Å². The van der Waals surface area contributed by atoms with Gasteiger partial charge in [-0.05, 0) is 44.6 Å². The Morgan fingerprint density at radius 3 is 2.32 bits per heavy atom. The largest absolute Gasteiger partial charge is 0.433 e. The van der Waals surface area contributed by atoms with Crippen LogP contribution in [0.5, 0.6) is 0 Å². The van der Waals surface area contributed by atoms with Crippen LogP contribution in [0.2, 0.25) is 0 Å². The minimum atomic E-state index is -4.50. The zero-order chi connectivity index (χ0) is 24.9. The molecule has 0 spiro atoms. The van der Waals surface area contributed by atoms with Gasteiger partial charge in [0, 0.05) is 43.7 Å². The molecular weight excluding hydrogens is 445 g/mol. The van der Waals surface area contributed by atoms with Crippen LogP contribution < -0.4 is 10.2 Å². The van der Waals surface area contributed by atoms with Crippen LogP contribution in [0.15, 0.2) is 6.07 Å². The SMILES string of the molecule is CC(C)(C)c1nc(N2CCN(CC[C@H]3CC[C@H](NC(=O)CC#N)CC3)CC2)cc(C(F)(F)F)n1. The summed E-state index contributed by atoms with van der Waals surface area (Å²) in [5.74, 6) is 0.986. The van der Waals surface area contributed by atoms with E-state index in [0.29, 0.717) is 24.8 Å². The Bertz CT molecular complexity index is 844. The first-order valence-corrected chi connectivity index (χ1v) is 12.1. The van der Waals surface area contributed by atoms with Crippen LogP contribution in [0, 0.1) is 17.2 Å². The van der Waals surface area contributed by atoms with Gasteiger partial charge in [-0.25, -0.2) is 9.97 Å². The number of anilines is 1. The van der Waals surface area contributed by atoms with Crippen LogP contribution in [-0.4, -0.2) is 59.5 Å². The molecule has 1 aliphatic carbocycles. The average molecular weight is 481 g/mol. The Morgan fingerprint density at radius 1 is 1.12 bits per heavy atom. The number of rotatable bonds is 6. The summed E-state index contributed by atoms with van der Waals surface area (Å²) in [6.07, 6.45) is 0.510. The van der Waals surface area contributed by atoms with Crippen LogP contribution in [0.25, 0.3) is 0 Å². The van der Waals surface area contributed by atoms with E-state index in [-0.39, 0.29) is 24.2 Å². The van der Waals surface area contributed by atoms with E-state index in [1.807, 2.05) is 31.7 Å². The number of hydrogen-bond donors (Lipinski definition) is 1. The molecule has 2 heterocycles. The average Bonchev–Trinajstić information content (AvgIpc) is 2.78. The maximum Gasteiger partial charge on any atom is 0.433 e. The summed E-state index contributed by atoms with van der Waals surface area (Å²) in [7, 11) is 0. The third kappa shape index (κ3) is 7.29. The molecule has 7 nitrogen and oxygen atoms in total. The van der Waals surface area contributed by atoms with Crippen LogP contribution in [0.3, 0.4) is 0 Å². The molecule has 10 heteroatoms. The van der Waals surface area contributed by atoms with Crippen molar-refractivity contribution in [2.75, 3.05) is 37.6 Å². The Kier molecular flexibility index (Phi) is 8.39. The van der Waals surface area contributed by atoms with E-state index in [2.05, 4.69) is 20.2 Å². The number of nitriles is 1. The molecule has 2 fully saturated rings. The molecule has 1 aromatic heterocycles. The van der Waals surface area contributed by atoms with Crippen molar-refractivity contribution in [3.8, 4) is 6.07 Å². The third-order valence-corrected chi connectivity index (χ3v) is 6.68. The van der Waals surface area contributed by atoms with Crippen molar-refractivity contribution in [2.45, 2.75) is 76.9 Å². The molecule has 0 unspecified atom stereocenters. The molecular formula is C24H35F3N6O. The fourth-order valence-electron chi connectivity index (χ4n) is 4.59. The van der Waals surface area contributed by atoms with Gasteiger partial charge in [0.1, 0.15) is 23.8 Å². The van der Waals surface area contributed by atoms with Crippen molar-refractivity contribution >= 4 is 11.7 Å². The lowest BCUT2D eigenvalue weighted by Crippen LogP contribution is -2.47. The fraction of sp³-hybridized carbons (Fsp3) is 0.750. The van der Waals surface area contributed by atoms with Crippen molar-refractivity contribution in [1.82, 2.24) is 20.2 Å². The molecule has 0 radical (unpaired) electrons. The van der Waals surface area contributed by atoms with Crippen LogP contribution in [0.4, 0.5) is 19.0 Å². The Labute approximate surface area is 199 Å². The summed E-state index contributed by atoms with van der Waals surface area (Å²) in [6.45, 7) is 9.26. The Morgan fingerprint density at radius 2 is 1.76 bits per heavy atom. The van der Waals surface area contributed by atoms with E-state index in [4.69, 9.17) is 5.26 Å². The number of nitrogens with zero attached hydrogens (tertiary/aromatic N) is 5. The first kappa shape index (κ1) is 26.2. The second-order valence-corrected chi connectivity index (χ2v) is 10.4. The maximum absolute atomic E-state index is 13.4. The van der Waals surface area contributed by atoms with Crippen LogP contribution >= 0.6 is 0 Å². The molecule has 1 aromatic rings. The lowest BCUT2D eigenvalue weighted by atomic mass is 9.84. The first-order valence-electron chi connectivity index (χ1n) is 12.1. The van der Waals surface area contributed by atoms with Crippen molar-refractivity contribution in [2.24, 2.45) is 5.92 Å². The molecule has 1 aliphatic heterocycles. The highest BCUT2D eigenvalue weighted by Crippen LogP contribution is 2.32. The summed E-state index contributed by atoms with van der Waals surface area (Å²) in [6, 6.07) is 3.12. The van der Waals surface area contributed by atoms with Crippen molar-refractivity contribution in [1.29, 1.82) is 5.26 Å². The molecule has 188 valence electrons. The second-order valence-electron chi connectivity index (χ2n) is 10.4. The van der Waals surface area contributed by atoms with Gasteiger partial charge < -0.3 is 10.2 Å². The number of nitrogens with one attached hydrogen (secondary N) is 1. The quantitative estimate of drug-likeness (QED) is 0.665. The molecule has 0 aromatic carbocycles. The summed E-state index contributed by atoms with van der Waals surface area (Å²) in [4.78, 5) is 24.1. The number of amides is 1. The summed E-state index contributed by atoms with van der Waals surface area (Å²) in [5, 5.41) is 11.5. The van der Waals surface area contributed by atoms with E-state index < -0.39 is 17.3 Å². The number of aromatic nitrogens is 2. The summed E-state index contributed by atoms with van der Waals surface area (Å²) < 4.78 is 40.2. The highest BCUT2D eigenvalue weighted by atomic mass is 19.4. The predicted molar refractivity (Wildman–Crippen MR) is 123 cm³/mol. The van der Waals surface area contributed by atoms with Gasteiger partial charge in [0.2, 0.25) is 5.91 Å². The van der Waals surface area contributed by atoms with E-state index in [1.165, 1.54) is 0 Å². The van der Waals surface area contributed by atoms with E-state index >= 15 is 0 Å². The molecule has 0 atom stereocenters. The van der Waals surface area contributed by atoms with Gasteiger partial charge in [-0.3, -0.25) is 9.69 Å². The topological polar surface area (TPSA) is 85.2 Å².